The van der Waals surface area contributed by atoms with Crippen LogP contribution in [0.2, 0.25) is 0 Å². The Morgan fingerprint density at radius 1 is 1.35 bits per heavy atom. The van der Waals surface area contributed by atoms with E-state index in [-0.39, 0.29) is 17.7 Å². The molecule has 0 aliphatic heterocycles. The van der Waals surface area contributed by atoms with E-state index in [4.69, 9.17) is 5.26 Å². The van der Waals surface area contributed by atoms with E-state index in [2.05, 4.69) is 6.07 Å². The molecule has 1 rings (SSSR count). The second kappa shape index (κ2) is 6.05. The fraction of sp³-hybridized carbons (Fsp3) is 0.429. The lowest BCUT2D eigenvalue weighted by Crippen LogP contribution is -2.33. The standard InChI is InChI=1S/C14H18N2O/c1-11(9-15)10-16(3)14(17)12(2)13-7-5-4-6-8-13/h4-8,11-12H,10H2,1-3H3. The molecule has 3 nitrogen and oxygen atoms in total. The Morgan fingerprint density at radius 2 is 1.94 bits per heavy atom. The number of benzene rings is 1. The molecule has 0 aliphatic rings. The van der Waals surface area contributed by atoms with Gasteiger partial charge in [-0.05, 0) is 19.4 Å². The molecule has 0 aliphatic carbocycles. The molecule has 0 radical (unpaired) electrons. The van der Waals surface area contributed by atoms with Crippen molar-refractivity contribution >= 4 is 5.91 Å². The van der Waals surface area contributed by atoms with Crippen molar-refractivity contribution in [2.75, 3.05) is 13.6 Å². The molecule has 0 saturated heterocycles. The molecule has 90 valence electrons. The average Bonchev–Trinajstić information content (AvgIpc) is 2.37. The summed E-state index contributed by atoms with van der Waals surface area (Å²) in [4.78, 5) is 13.7. The third kappa shape index (κ3) is 3.60. The summed E-state index contributed by atoms with van der Waals surface area (Å²) in [5.74, 6) is -0.239. The summed E-state index contributed by atoms with van der Waals surface area (Å²) >= 11 is 0. The maximum absolute atomic E-state index is 12.1. The number of hydrogen-bond donors (Lipinski definition) is 0. The molecule has 0 spiro atoms. The number of nitrogens with zero attached hydrogens (tertiary/aromatic N) is 2. The summed E-state index contributed by atoms with van der Waals surface area (Å²) in [5.41, 5.74) is 1.01. The lowest BCUT2D eigenvalue weighted by atomic mass is 9.99. The van der Waals surface area contributed by atoms with E-state index >= 15 is 0 Å². The Morgan fingerprint density at radius 3 is 2.47 bits per heavy atom. The third-order valence-electron chi connectivity index (χ3n) is 2.81. The molecule has 0 N–H and O–H groups in total. The second-order valence-electron chi connectivity index (χ2n) is 4.38. The SMILES string of the molecule is CC(C#N)CN(C)C(=O)C(C)c1ccccc1. The maximum Gasteiger partial charge on any atom is 0.229 e. The zero-order chi connectivity index (χ0) is 12.8. The van der Waals surface area contributed by atoms with E-state index in [9.17, 15) is 4.79 Å². The molecule has 0 fully saturated rings. The quantitative estimate of drug-likeness (QED) is 0.797. The molecular formula is C14H18N2O. The Balaban J connectivity index is 2.68. The van der Waals surface area contributed by atoms with Crippen LogP contribution in [0.15, 0.2) is 30.3 Å². The molecule has 1 aromatic carbocycles. The zero-order valence-electron chi connectivity index (χ0n) is 10.6. The van der Waals surface area contributed by atoms with E-state index in [1.54, 1.807) is 11.9 Å². The smallest absolute Gasteiger partial charge is 0.229 e. The molecular weight excluding hydrogens is 212 g/mol. The average molecular weight is 230 g/mol. The molecule has 0 heterocycles. The minimum Gasteiger partial charge on any atom is -0.344 e. The summed E-state index contributed by atoms with van der Waals surface area (Å²) in [6, 6.07) is 11.8. The van der Waals surface area contributed by atoms with Gasteiger partial charge in [0.05, 0.1) is 17.9 Å². The van der Waals surface area contributed by atoms with Gasteiger partial charge in [-0.1, -0.05) is 30.3 Å². The lowest BCUT2D eigenvalue weighted by Gasteiger charge is -2.22. The fourth-order valence-corrected chi connectivity index (χ4v) is 1.76. The maximum atomic E-state index is 12.1. The van der Waals surface area contributed by atoms with Gasteiger partial charge in [0.2, 0.25) is 5.91 Å². The predicted octanol–water partition coefficient (Wildman–Crippen LogP) is 2.41. The Hall–Kier alpha value is -1.82. The van der Waals surface area contributed by atoms with Gasteiger partial charge < -0.3 is 4.90 Å². The van der Waals surface area contributed by atoms with E-state index in [1.807, 2.05) is 44.2 Å². The van der Waals surface area contributed by atoms with Gasteiger partial charge in [-0.2, -0.15) is 5.26 Å². The molecule has 0 aromatic heterocycles. The van der Waals surface area contributed by atoms with E-state index in [1.165, 1.54) is 0 Å². The first kappa shape index (κ1) is 13.2. The van der Waals surface area contributed by atoms with Crippen molar-refractivity contribution in [2.45, 2.75) is 19.8 Å². The summed E-state index contributed by atoms with van der Waals surface area (Å²) in [6.45, 7) is 4.19. The number of amides is 1. The molecule has 1 aromatic rings. The van der Waals surface area contributed by atoms with Gasteiger partial charge in [0.15, 0.2) is 0 Å². The largest absolute Gasteiger partial charge is 0.344 e. The van der Waals surface area contributed by atoms with Gasteiger partial charge >= 0.3 is 0 Å². The molecule has 1 amide bonds. The van der Waals surface area contributed by atoms with Crippen LogP contribution in [0.3, 0.4) is 0 Å². The van der Waals surface area contributed by atoms with Crippen LogP contribution in [0.4, 0.5) is 0 Å². The molecule has 0 saturated carbocycles. The number of carbonyl (C=O) groups excluding carboxylic acids is 1. The molecule has 0 bridgehead atoms. The van der Waals surface area contributed by atoms with Gasteiger partial charge in [-0.3, -0.25) is 4.79 Å². The Kier molecular flexibility index (Phi) is 4.71. The summed E-state index contributed by atoms with van der Waals surface area (Å²) in [7, 11) is 1.75. The van der Waals surface area contributed by atoms with Crippen LogP contribution in [-0.4, -0.2) is 24.4 Å². The van der Waals surface area contributed by atoms with Crippen LogP contribution in [0.25, 0.3) is 0 Å². The van der Waals surface area contributed by atoms with Gasteiger partial charge in [-0.15, -0.1) is 0 Å². The van der Waals surface area contributed by atoms with Crippen molar-refractivity contribution in [2.24, 2.45) is 5.92 Å². The molecule has 2 atom stereocenters. The first-order chi connectivity index (χ1) is 8.06. The zero-order valence-corrected chi connectivity index (χ0v) is 10.6. The molecule has 3 heteroatoms. The molecule has 17 heavy (non-hydrogen) atoms. The topological polar surface area (TPSA) is 44.1 Å². The van der Waals surface area contributed by atoms with Gasteiger partial charge in [0, 0.05) is 13.6 Å². The fourth-order valence-electron chi connectivity index (χ4n) is 1.76. The third-order valence-corrected chi connectivity index (χ3v) is 2.81. The van der Waals surface area contributed by atoms with E-state index in [0.29, 0.717) is 6.54 Å². The van der Waals surface area contributed by atoms with Crippen molar-refractivity contribution in [3.8, 4) is 6.07 Å². The van der Waals surface area contributed by atoms with Crippen LogP contribution in [0.1, 0.15) is 25.3 Å². The molecule has 2 unspecified atom stereocenters. The van der Waals surface area contributed by atoms with Crippen LogP contribution in [0.5, 0.6) is 0 Å². The highest BCUT2D eigenvalue weighted by molar-refractivity contribution is 5.83. The first-order valence-electron chi connectivity index (χ1n) is 5.75. The normalized spacial score (nSPS) is 13.5. The number of nitriles is 1. The van der Waals surface area contributed by atoms with Gasteiger partial charge in [-0.25, -0.2) is 0 Å². The Labute approximate surface area is 103 Å². The lowest BCUT2D eigenvalue weighted by molar-refractivity contribution is -0.131. The predicted molar refractivity (Wildman–Crippen MR) is 67.3 cm³/mol. The summed E-state index contributed by atoms with van der Waals surface area (Å²) in [6.07, 6.45) is 0. The van der Waals surface area contributed by atoms with Crippen LogP contribution in [0, 0.1) is 17.2 Å². The van der Waals surface area contributed by atoms with Crippen molar-refractivity contribution < 1.29 is 4.79 Å². The Bertz CT molecular complexity index is 408. The number of likely N-dealkylation sites (N-methyl/N-ethyl adjacent to an activating group) is 1. The highest BCUT2D eigenvalue weighted by atomic mass is 16.2. The monoisotopic (exact) mass is 230 g/mol. The van der Waals surface area contributed by atoms with Crippen molar-refractivity contribution in [1.82, 2.24) is 4.90 Å². The van der Waals surface area contributed by atoms with Gasteiger partial charge in [0.25, 0.3) is 0 Å². The first-order valence-corrected chi connectivity index (χ1v) is 5.75. The number of hydrogen-bond acceptors (Lipinski definition) is 2. The van der Waals surface area contributed by atoms with Crippen molar-refractivity contribution in [3.05, 3.63) is 35.9 Å². The van der Waals surface area contributed by atoms with Crippen LogP contribution >= 0.6 is 0 Å². The van der Waals surface area contributed by atoms with Gasteiger partial charge in [0.1, 0.15) is 0 Å². The highest BCUT2D eigenvalue weighted by Crippen LogP contribution is 2.17. The van der Waals surface area contributed by atoms with Crippen molar-refractivity contribution in [1.29, 1.82) is 5.26 Å². The van der Waals surface area contributed by atoms with Crippen LogP contribution < -0.4 is 0 Å². The summed E-state index contributed by atoms with van der Waals surface area (Å²) in [5, 5.41) is 8.73. The van der Waals surface area contributed by atoms with E-state index in [0.717, 1.165) is 5.56 Å². The van der Waals surface area contributed by atoms with E-state index < -0.39 is 0 Å². The highest BCUT2D eigenvalue weighted by Gasteiger charge is 2.20. The van der Waals surface area contributed by atoms with Crippen LogP contribution in [-0.2, 0) is 4.79 Å². The second-order valence-corrected chi connectivity index (χ2v) is 4.38. The number of rotatable bonds is 4. The minimum absolute atomic E-state index is 0.0540. The van der Waals surface area contributed by atoms with Crippen molar-refractivity contribution in [3.63, 3.8) is 0 Å². The minimum atomic E-state index is -0.160. The summed E-state index contributed by atoms with van der Waals surface area (Å²) < 4.78 is 0. The number of carbonyl (C=O) groups is 1.